The summed E-state index contributed by atoms with van der Waals surface area (Å²) in [5.74, 6) is 0.647. The van der Waals surface area contributed by atoms with Crippen molar-refractivity contribution in [2.24, 2.45) is 11.3 Å². The maximum Gasteiger partial charge on any atom is 0.157 e. The number of aliphatic hydroxyl groups is 2. The first kappa shape index (κ1) is 13.9. The third-order valence-electron chi connectivity index (χ3n) is 4.09. The van der Waals surface area contributed by atoms with Gasteiger partial charge in [0.05, 0.1) is 6.10 Å². The van der Waals surface area contributed by atoms with Gasteiger partial charge in [-0.2, -0.15) is 0 Å². The van der Waals surface area contributed by atoms with E-state index < -0.39 is 6.29 Å². The van der Waals surface area contributed by atoms with Gasteiger partial charge in [-0.15, -0.1) is 0 Å². The summed E-state index contributed by atoms with van der Waals surface area (Å²) < 4.78 is 5.57. The molecule has 3 heteroatoms. The van der Waals surface area contributed by atoms with E-state index >= 15 is 0 Å². The molecule has 0 aromatic carbocycles. The van der Waals surface area contributed by atoms with Gasteiger partial charge in [-0.3, -0.25) is 0 Å². The van der Waals surface area contributed by atoms with Crippen LogP contribution >= 0.6 is 0 Å². The Morgan fingerprint density at radius 2 is 2.12 bits per heavy atom. The molecule has 0 aromatic rings. The van der Waals surface area contributed by atoms with Crippen LogP contribution in [0.5, 0.6) is 0 Å². The second kappa shape index (κ2) is 5.99. The van der Waals surface area contributed by atoms with E-state index in [4.69, 9.17) is 9.84 Å². The Balaban J connectivity index is 2.44. The van der Waals surface area contributed by atoms with Crippen molar-refractivity contribution in [2.45, 2.75) is 65.3 Å². The molecule has 1 rings (SSSR count). The van der Waals surface area contributed by atoms with Crippen LogP contribution in [0.1, 0.15) is 52.9 Å². The molecule has 0 radical (unpaired) electrons. The first-order valence-electron chi connectivity index (χ1n) is 6.42. The van der Waals surface area contributed by atoms with Crippen molar-refractivity contribution in [3.8, 4) is 0 Å². The standard InChI is InChI=1S/C13H26O3/c1-10(2)13(3)7-4-5-11(9-13)16-12(15)6-8-14/h10-12,14-15H,4-9H2,1-3H3. The van der Waals surface area contributed by atoms with E-state index in [0.29, 0.717) is 17.8 Å². The topological polar surface area (TPSA) is 49.7 Å². The Bertz CT molecular complexity index is 205. The molecule has 1 fully saturated rings. The Labute approximate surface area is 98.8 Å². The first-order chi connectivity index (χ1) is 7.48. The molecule has 0 saturated heterocycles. The number of hydrogen-bond acceptors (Lipinski definition) is 3. The summed E-state index contributed by atoms with van der Waals surface area (Å²) in [6.07, 6.45) is 4.14. The van der Waals surface area contributed by atoms with Gasteiger partial charge < -0.3 is 14.9 Å². The van der Waals surface area contributed by atoms with Crippen molar-refractivity contribution in [1.29, 1.82) is 0 Å². The van der Waals surface area contributed by atoms with Gasteiger partial charge in [0.25, 0.3) is 0 Å². The highest BCUT2D eigenvalue weighted by Gasteiger charge is 2.35. The van der Waals surface area contributed by atoms with E-state index in [1.807, 2.05) is 0 Å². The van der Waals surface area contributed by atoms with Crippen LogP contribution in [0.4, 0.5) is 0 Å². The van der Waals surface area contributed by atoms with E-state index in [9.17, 15) is 5.11 Å². The van der Waals surface area contributed by atoms with Crippen LogP contribution in [-0.2, 0) is 4.74 Å². The average Bonchev–Trinajstić information content (AvgIpc) is 2.17. The van der Waals surface area contributed by atoms with Gasteiger partial charge in [-0.25, -0.2) is 0 Å². The van der Waals surface area contributed by atoms with E-state index in [-0.39, 0.29) is 12.7 Å². The molecule has 3 unspecified atom stereocenters. The van der Waals surface area contributed by atoms with Crippen LogP contribution < -0.4 is 0 Å². The van der Waals surface area contributed by atoms with Crippen LogP contribution in [0.15, 0.2) is 0 Å². The maximum absolute atomic E-state index is 9.53. The SMILES string of the molecule is CC(C)C1(C)CCCC(OC(O)CCO)C1. The molecule has 0 aromatic heterocycles. The highest BCUT2D eigenvalue weighted by molar-refractivity contribution is 4.85. The van der Waals surface area contributed by atoms with Crippen molar-refractivity contribution in [1.82, 2.24) is 0 Å². The smallest absolute Gasteiger partial charge is 0.157 e. The fourth-order valence-corrected chi connectivity index (χ4v) is 2.50. The minimum Gasteiger partial charge on any atom is -0.396 e. The normalized spacial score (nSPS) is 33.0. The monoisotopic (exact) mass is 230 g/mol. The van der Waals surface area contributed by atoms with Gasteiger partial charge in [0.15, 0.2) is 6.29 Å². The molecule has 0 amide bonds. The fourth-order valence-electron chi connectivity index (χ4n) is 2.50. The molecule has 1 saturated carbocycles. The zero-order valence-corrected chi connectivity index (χ0v) is 10.8. The summed E-state index contributed by atoms with van der Waals surface area (Å²) in [5, 5.41) is 18.2. The Hall–Kier alpha value is -0.120. The predicted octanol–water partition coefficient (Wildman–Crippen LogP) is 2.31. The molecule has 0 heterocycles. The van der Waals surface area contributed by atoms with Crippen molar-refractivity contribution in [3.63, 3.8) is 0 Å². The molecule has 96 valence electrons. The molecule has 1 aliphatic rings. The average molecular weight is 230 g/mol. The summed E-state index contributed by atoms with van der Waals surface area (Å²) in [4.78, 5) is 0. The lowest BCUT2D eigenvalue weighted by Crippen LogP contribution is -2.36. The fraction of sp³-hybridized carbons (Fsp3) is 1.00. The molecular weight excluding hydrogens is 204 g/mol. The highest BCUT2D eigenvalue weighted by atomic mass is 16.6. The largest absolute Gasteiger partial charge is 0.396 e. The third-order valence-corrected chi connectivity index (χ3v) is 4.09. The van der Waals surface area contributed by atoms with Crippen LogP contribution in [-0.4, -0.2) is 29.2 Å². The van der Waals surface area contributed by atoms with Crippen LogP contribution in [0.25, 0.3) is 0 Å². The summed E-state index contributed by atoms with van der Waals surface area (Å²) in [6.45, 7) is 6.81. The zero-order chi connectivity index (χ0) is 12.2. The third kappa shape index (κ3) is 3.72. The molecule has 0 aliphatic heterocycles. The Morgan fingerprint density at radius 3 is 2.69 bits per heavy atom. The number of rotatable bonds is 5. The summed E-state index contributed by atoms with van der Waals surface area (Å²) in [5.41, 5.74) is 0.335. The minimum atomic E-state index is -0.801. The maximum atomic E-state index is 9.53. The van der Waals surface area contributed by atoms with Crippen LogP contribution in [0, 0.1) is 11.3 Å². The summed E-state index contributed by atoms with van der Waals surface area (Å²) >= 11 is 0. The Morgan fingerprint density at radius 1 is 1.44 bits per heavy atom. The lowest BCUT2D eigenvalue weighted by Gasteiger charge is -2.41. The quantitative estimate of drug-likeness (QED) is 0.713. The van der Waals surface area contributed by atoms with Gasteiger partial charge in [0.2, 0.25) is 0 Å². The molecule has 3 nitrogen and oxygen atoms in total. The van der Waals surface area contributed by atoms with Crippen molar-refractivity contribution in [2.75, 3.05) is 6.61 Å². The number of hydrogen-bond donors (Lipinski definition) is 2. The first-order valence-corrected chi connectivity index (χ1v) is 6.42. The van der Waals surface area contributed by atoms with Crippen molar-refractivity contribution in [3.05, 3.63) is 0 Å². The van der Waals surface area contributed by atoms with Gasteiger partial charge in [-0.05, 0) is 30.6 Å². The van der Waals surface area contributed by atoms with Gasteiger partial charge in [0.1, 0.15) is 0 Å². The molecule has 0 spiro atoms. The number of ether oxygens (including phenoxy) is 1. The number of aliphatic hydroxyl groups excluding tert-OH is 2. The van der Waals surface area contributed by atoms with Gasteiger partial charge in [0, 0.05) is 13.0 Å². The highest BCUT2D eigenvalue weighted by Crippen LogP contribution is 2.43. The van der Waals surface area contributed by atoms with Crippen LogP contribution in [0.2, 0.25) is 0 Å². The molecular formula is C13H26O3. The van der Waals surface area contributed by atoms with E-state index in [2.05, 4.69) is 20.8 Å². The molecule has 3 atom stereocenters. The summed E-state index contributed by atoms with van der Waals surface area (Å²) in [7, 11) is 0. The molecule has 16 heavy (non-hydrogen) atoms. The minimum absolute atomic E-state index is 0.0185. The van der Waals surface area contributed by atoms with E-state index in [1.165, 1.54) is 12.8 Å². The lowest BCUT2D eigenvalue weighted by molar-refractivity contribution is -0.163. The van der Waals surface area contributed by atoms with Crippen LogP contribution in [0.3, 0.4) is 0 Å². The second-order valence-electron chi connectivity index (χ2n) is 5.63. The zero-order valence-electron chi connectivity index (χ0n) is 10.8. The second-order valence-corrected chi connectivity index (χ2v) is 5.63. The van der Waals surface area contributed by atoms with Gasteiger partial charge in [-0.1, -0.05) is 27.2 Å². The predicted molar refractivity (Wildman–Crippen MR) is 64.0 cm³/mol. The van der Waals surface area contributed by atoms with Crippen molar-refractivity contribution >= 4 is 0 Å². The van der Waals surface area contributed by atoms with Crippen molar-refractivity contribution < 1.29 is 14.9 Å². The lowest BCUT2D eigenvalue weighted by atomic mass is 9.67. The molecule has 1 aliphatic carbocycles. The van der Waals surface area contributed by atoms with E-state index in [1.54, 1.807) is 0 Å². The van der Waals surface area contributed by atoms with E-state index in [0.717, 1.165) is 12.8 Å². The van der Waals surface area contributed by atoms with Gasteiger partial charge >= 0.3 is 0 Å². The molecule has 0 bridgehead atoms. The molecule has 2 N–H and O–H groups in total. The summed E-state index contributed by atoms with van der Waals surface area (Å²) in [6, 6.07) is 0. The Kier molecular flexibility index (Phi) is 5.22.